The van der Waals surface area contributed by atoms with Crippen LogP contribution in [0.15, 0.2) is 87.2 Å². The van der Waals surface area contributed by atoms with Crippen LogP contribution >= 0.6 is 39.8 Å². The van der Waals surface area contributed by atoms with E-state index in [2.05, 4.69) is 58.1 Å². The number of aromatic nitrogens is 2. The van der Waals surface area contributed by atoms with Crippen molar-refractivity contribution in [2.24, 2.45) is 5.73 Å². The summed E-state index contributed by atoms with van der Waals surface area (Å²) in [6, 6.07) is 20.2. The minimum absolute atomic E-state index is 0.201. The van der Waals surface area contributed by atoms with E-state index in [9.17, 15) is 14.0 Å². The summed E-state index contributed by atoms with van der Waals surface area (Å²) in [6.45, 7) is 0.956. The molecule has 0 saturated heterocycles. The highest BCUT2D eigenvalue weighted by atomic mass is 79.9. The van der Waals surface area contributed by atoms with E-state index in [0.29, 0.717) is 22.7 Å². The van der Waals surface area contributed by atoms with Gasteiger partial charge < -0.3 is 25.9 Å². The molecule has 1 heterocycles. The maximum atomic E-state index is 14.2. The molecule has 0 saturated carbocycles. The van der Waals surface area contributed by atoms with Crippen molar-refractivity contribution in [1.29, 1.82) is 0 Å². The van der Waals surface area contributed by atoms with Crippen molar-refractivity contribution in [2.75, 3.05) is 21.9 Å². The highest BCUT2D eigenvalue weighted by molar-refractivity contribution is 9.10. The fourth-order valence-corrected chi connectivity index (χ4v) is 5.67. The third-order valence-electron chi connectivity index (χ3n) is 6.30. The standard InChI is InChI=1S/C31H33BrFN7O2S2/c32-25-20-35-31(39-30(25)38-27-9-7-8-26(33)28(27)29(34)42)37-21-10-14-24(15-11-21)44-40-22-12-16-23(17-13-22)43-36-18-5-3-1-2-4-6-19-41/h7-17,19-20,36,40H,1-6,18H2,(H2,34,42)(H2,35,37,38,39). The number of aldehydes is 1. The lowest BCUT2D eigenvalue weighted by molar-refractivity contribution is -0.107. The zero-order valence-corrected chi connectivity index (χ0v) is 27.0. The van der Waals surface area contributed by atoms with Crippen LogP contribution in [0.5, 0.6) is 0 Å². The molecule has 44 heavy (non-hydrogen) atoms. The lowest BCUT2D eigenvalue weighted by Gasteiger charge is -2.13. The number of carbonyl (C=O) groups is 2. The van der Waals surface area contributed by atoms with E-state index in [1.54, 1.807) is 24.2 Å². The smallest absolute Gasteiger partial charge is 0.253 e. The number of halogens is 2. The fourth-order valence-electron chi connectivity index (χ4n) is 4.06. The molecular formula is C31H33BrFN7O2S2. The number of nitrogens with two attached hydrogens (primary N) is 1. The Kier molecular flexibility index (Phi) is 13.3. The number of anilines is 5. The molecule has 6 N–H and O–H groups in total. The summed E-state index contributed by atoms with van der Waals surface area (Å²) >= 11 is 6.52. The van der Waals surface area contributed by atoms with Crippen LogP contribution in [0.3, 0.4) is 0 Å². The highest BCUT2D eigenvalue weighted by Gasteiger charge is 2.16. The summed E-state index contributed by atoms with van der Waals surface area (Å²) in [5.74, 6) is -0.952. The molecule has 0 atom stereocenters. The van der Waals surface area contributed by atoms with Crippen LogP contribution in [0.25, 0.3) is 0 Å². The number of hydrogen-bond acceptors (Lipinski definition) is 10. The predicted molar refractivity (Wildman–Crippen MR) is 181 cm³/mol. The molecule has 230 valence electrons. The summed E-state index contributed by atoms with van der Waals surface area (Å²) in [5, 5.41) is 6.11. The van der Waals surface area contributed by atoms with Crippen LogP contribution < -0.4 is 25.8 Å². The molecule has 4 aromatic rings. The Labute approximate surface area is 273 Å². The monoisotopic (exact) mass is 697 g/mol. The summed E-state index contributed by atoms with van der Waals surface area (Å²) < 4.78 is 21.5. The van der Waals surface area contributed by atoms with Crippen LogP contribution in [0.4, 0.5) is 33.2 Å². The lowest BCUT2D eigenvalue weighted by Crippen LogP contribution is -2.16. The van der Waals surface area contributed by atoms with Crippen LogP contribution in [0.1, 0.15) is 48.9 Å². The van der Waals surface area contributed by atoms with E-state index in [4.69, 9.17) is 5.73 Å². The van der Waals surface area contributed by atoms with Crippen molar-refractivity contribution in [3.63, 3.8) is 0 Å². The van der Waals surface area contributed by atoms with Crippen LogP contribution in [0.2, 0.25) is 0 Å². The number of nitrogens with zero attached hydrogens (tertiary/aromatic N) is 2. The van der Waals surface area contributed by atoms with E-state index in [1.165, 1.54) is 36.9 Å². The number of hydrogen-bond donors (Lipinski definition) is 5. The zero-order valence-electron chi connectivity index (χ0n) is 23.8. The average Bonchev–Trinajstić information content (AvgIpc) is 3.02. The Morgan fingerprint density at radius 1 is 0.886 bits per heavy atom. The van der Waals surface area contributed by atoms with Crippen molar-refractivity contribution in [3.8, 4) is 0 Å². The predicted octanol–water partition coefficient (Wildman–Crippen LogP) is 8.22. The minimum atomic E-state index is -0.882. The van der Waals surface area contributed by atoms with Gasteiger partial charge in [0.25, 0.3) is 5.91 Å². The largest absolute Gasteiger partial charge is 0.365 e. The molecule has 1 aromatic heterocycles. The van der Waals surface area contributed by atoms with Gasteiger partial charge in [-0.1, -0.05) is 25.3 Å². The molecule has 0 fully saturated rings. The van der Waals surface area contributed by atoms with Gasteiger partial charge in [0.2, 0.25) is 5.95 Å². The Balaban J connectivity index is 1.23. The number of amides is 1. The first kappa shape index (κ1) is 33.2. The number of nitrogens with one attached hydrogen (secondary N) is 4. The maximum Gasteiger partial charge on any atom is 0.253 e. The van der Waals surface area contributed by atoms with Crippen molar-refractivity contribution in [2.45, 2.75) is 48.3 Å². The van der Waals surface area contributed by atoms with Gasteiger partial charge >= 0.3 is 0 Å². The van der Waals surface area contributed by atoms with Crippen molar-refractivity contribution in [1.82, 2.24) is 14.7 Å². The molecule has 9 nitrogen and oxygen atoms in total. The van der Waals surface area contributed by atoms with Crippen molar-refractivity contribution in [3.05, 3.63) is 88.8 Å². The fraction of sp³-hybridized carbons (Fsp3) is 0.226. The third-order valence-corrected chi connectivity index (χ3v) is 8.58. The summed E-state index contributed by atoms with van der Waals surface area (Å²) in [4.78, 5) is 33.0. The van der Waals surface area contributed by atoms with Crippen LogP contribution in [0, 0.1) is 5.82 Å². The molecule has 0 aliphatic rings. The van der Waals surface area contributed by atoms with Gasteiger partial charge in [-0.3, -0.25) is 9.52 Å². The maximum absolute atomic E-state index is 14.2. The Hall–Kier alpha value is -3.65. The van der Waals surface area contributed by atoms with E-state index in [-0.39, 0.29) is 11.3 Å². The van der Waals surface area contributed by atoms with E-state index in [0.717, 1.165) is 53.3 Å². The molecule has 3 aromatic carbocycles. The Bertz CT molecular complexity index is 1530. The SMILES string of the molecule is NC(=O)c1c(F)cccc1Nc1nc(Nc2ccc(SNc3ccc(SNCCCCCCCC=O)cc3)cc2)ncc1Br. The van der Waals surface area contributed by atoms with Gasteiger partial charge in [0, 0.05) is 40.3 Å². The quantitative estimate of drug-likeness (QED) is 0.0393. The molecular weight excluding hydrogens is 665 g/mol. The summed E-state index contributed by atoms with van der Waals surface area (Å²) in [5.41, 5.74) is 7.09. The van der Waals surface area contributed by atoms with Gasteiger partial charge in [-0.25, -0.2) is 9.37 Å². The van der Waals surface area contributed by atoms with Gasteiger partial charge in [0.1, 0.15) is 17.9 Å². The lowest BCUT2D eigenvalue weighted by atomic mass is 10.1. The molecule has 0 spiro atoms. The highest BCUT2D eigenvalue weighted by Crippen LogP contribution is 2.29. The summed E-state index contributed by atoms with van der Waals surface area (Å²) in [7, 11) is 0. The van der Waals surface area contributed by atoms with E-state index < -0.39 is 11.7 Å². The van der Waals surface area contributed by atoms with Crippen LogP contribution in [-0.2, 0) is 4.79 Å². The second-order valence-electron chi connectivity index (χ2n) is 9.64. The molecule has 0 aliphatic carbocycles. The van der Waals surface area contributed by atoms with Gasteiger partial charge in [-0.2, -0.15) is 4.98 Å². The average molecular weight is 699 g/mol. The number of unbranched alkanes of at least 4 members (excludes halogenated alkanes) is 5. The summed E-state index contributed by atoms with van der Waals surface area (Å²) in [6.07, 6.45) is 8.83. The number of benzene rings is 3. The molecule has 0 radical (unpaired) electrons. The normalized spacial score (nSPS) is 10.8. The first-order valence-electron chi connectivity index (χ1n) is 14.0. The number of primary amides is 1. The van der Waals surface area contributed by atoms with Gasteiger partial charge in [0.05, 0.1) is 15.7 Å². The molecule has 0 aliphatic heterocycles. The van der Waals surface area contributed by atoms with Crippen LogP contribution in [-0.4, -0.2) is 28.7 Å². The molecule has 13 heteroatoms. The first-order valence-corrected chi connectivity index (χ1v) is 16.5. The van der Waals surface area contributed by atoms with E-state index in [1.807, 2.05) is 36.4 Å². The van der Waals surface area contributed by atoms with Gasteiger partial charge in [-0.15, -0.1) is 0 Å². The topological polar surface area (TPSA) is 134 Å². The zero-order chi connectivity index (χ0) is 31.1. The first-order chi connectivity index (χ1) is 21.4. The Morgan fingerprint density at radius 3 is 2.30 bits per heavy atom. The third kappa shape index (κ3) is 10.5. The Morgan fingerprint density at radius 2 is 1.57 bits per heavy atom. The second kappa shape index (κ2) is 17.6. The van der Waals surface area contributed by atoms with Crippen molar-refractivity contribution < 1.29 is 14.0 Å². The minimum Gasteiger partial charge on any atom is -0.365 e. The van der Waals surface area contributed by atoms with Gasteiger partial charge in [0.15, 0.2) is 0 Å². The molecule has 4 rings (SSSR count). The van der Waals surface area contributed by atoms with Gasteiger partial charge in [-0.05, 0) is 113 Å². The number of carbonyl (C=O) groups excluding carboxylic acids is 2. The molecule has 1 amide bonds. The second-order valence-corrected chi connectivity index (χ2v) is 12.3. The van der Waals surface area contributed by atoms with E-state index >= 15 is 0 Å². The number of rotatable bonds is 18. The molecule has 0 unspecified atom stereocenters. The van der Waals surface area contributed by atoms with Crippen molar-refractivity contribution >= 4 is 80.8 Å². The molecule has 0 bridgehead atoms.